The molecule has 0 radical (unpaired) electrons. The number of aryl methyl sites for hydroxylation is 1. The van der Waals surface area contributed by atoms with Crippen molar-refractivity contribution in [3.8, 4) is 28.0 Å². The Labute approximate surface area is 169 Å². The van der Waals surface area contributed by atoms with Crippen molar-refractivity contribution in [3.05, 3.63) is 77.4 Å². The highest BCUT2D eigenvalue weighted by atomic mass is 19.4. The fraction of sp³-hybridized carbons (Fsp3) is 0.174. The highest BCUT2D eigenvalue weighted by Crippen LogP contribution is 2.38. The summed E-state index contributed by atoms with van der Waals surface area (Å²) < 4.78 is 70.3. The first kappa shape index (κ1) is 21.5. The third-order valence-electron chi connectivity index (χ3n) is 4.55. The smallest absolute Gasteiger partial charge is 0.406 e. The van der Waals surface area contributed by atoms with E-state index in [-0.39, 0.29) is 23.0 Å². The number of halogens is 5. The first-order valence-corrected chi connectivity index (χ1v) is 9.16. The van der Waals surface area contributed by atoms with Crippen LogP contribution in [0.4, 0.5) is 22.0 Å². The first-order chi connectivity index (χ1) is 14.2. The lowest BCUT2D eigenvalue weighted by Gasteiger charge is -2.15. The molecule has 0 heterocycles. The maximum atomic E-state index is 15.1. The molecule has 7 heteroatoms. The minimum Gasteiger partial charge on any atom is -0.406 e. The first-order valence-electron chi connectivity index (χ1n) is 9.16. The molecular formula is C23H17F5O2. The predicted octanol–water partition coefficient (Wildman–Crippen LogP) is 6.96. The van der Waals surface area contributed by atoms with Gasteiger partial charge in [0, 0.05) is 5.56 Å². The summed E-state index contributed by atoms with van der Waals surface area (Å²) in [6.45, 7) is 2.02. The molecule has 2 nitrogen and oxygen atoms in total. The molecule has 30 heavy (non-hydrogen) atoms. The lowest BCUT2D eigenvalue weighted by atomic mass is 9.91. The van der Waals surface area contributed by atoms with Gasteiger partial charge in [-0.25, -0.2) is 8.78 Å². The standard InChI is InChI=1S/C23H17F5O2/c1-2-3-14-4-6-16(7-5-14)21-18(12-20(24)19(13-29)22(21)25)15-8-10-17(11-9-15)30-23(26,27)28/h4-13H,2-3H2,1H3. The maximum Gasteiger partial charge on any atom is 0.573 e. The zero-order valence-corrected chi connectivity index (χ0v) is 15.9. The average molecular weight is 420 g/mol. The molecule has 0 unspecified atom stereocenters. The Hall–Kier alpha value is -3.22. The summed E-state index contributed by atoms with van der Waals surface area (Å²) in [7, 11) is 0. The molecule has 0 fully saturated rings. The molecule has 0 aliphatic carbocycles. The molecular weight excluding hydrogens is 403 g/mol. The number of alkyl halides is 3. The number of hydrogen-bond donors (Lipinski definition) is 0. The van der Waals surface area contributed by atoms with Crippen molar-refractivity contribution >= 4 is 6.29 Å². The quantitative estimate of drug-likeness (QED) is 0.318. The summed E-state index contributed by atoms with van der Waals surface area (Å²) in [5, 5.41) is 0. The normalized spacial score (nSPS) is 11.4. The van der Waals surface area contributed by atoms with Gasteiger partial charge < -0.3 is 4.74 Å². The highest BCUT2D eigenvalue weighted by Gasteiger charge is 2.31. The van der Waals surface area contributed by atoms with Crippen molar-refractivity contribution in [1.82, 2.24) is 0 Å². The molecule has 0 saturated carbocycles. The second-order valence-corrected chi connectivity index (χ2v) is 6.65. The van der Waals surface area contributed by atoms with E-state index in [0.717, 1.165) is 36.6 Å². The van der Waals surface area contributed by atoms with Crippen LogP contribution in [0.2, 0.25) is 0 Å². The summed E-state index contributed by atoms with van der Waals surface area (Å²) in [6, 6.07) is 12.6. The number of hydrogen-bond acceptors (Lipinski definition) is 2. The van der Waals surface area contributed by atoms with Gasteiger partial charge in [-0.2, -0.15) is 0 Å². The topological polar surface area (TPSA) is 26.3 Å². The van der Waals surface area contributed by atoms with Gasteiger partial charge in [0.15, 0.2) is 6.29 Å². The summed E-state index contributed by atoms with van der Waals surface area (Å²) in [4.78, 5) is 11.2. The molecule has 3 aromatic carbocycles. The van der Waals surface area contributed by atoms with Crippen LogP contribution in [-0.2, 0) is 6.42 Å². The molecule has 0 atom stereocenters. The highest BCUT2D eigenvalue weighted by molar-refractivity contribution is 5.89. The second kappa shape index (κ2) is 8.65. The molecule has 0 aliphatic rings. The number of aldehydes is 1. The van der Waals surface area contributed by atoms with E-state index < -0.39 is 29.3 Å². The van der Waals surface area contributed by atoms with Gasteiger partial charge in [0.2, 0.25) is 0 Å². The third kappa shape index (κ3) is 4.67. The van der Waals surface area contributed by atoms with Gasteiger partial charge in [-0.15, -0.1) is 13.2 Å². The van der Waals surface area contributed by atoms with E-state index in [1.54, 1.807) is 12.1 Å². The molecule has 0 amide bonds. The molecule has 0 aliphatic heterocycles. The second-order valence-electron chi connectivity index (χ2n) is 6.65. The Kier molecular flexibility index (Phi) is 6.20. The van der Waals surface area contributed by atoms with Crippen LogP contribution < -0.4 is 4.74 Å². The van der Waals surface area contributed by atoms with Crippen LogP contribution in [0.1, 0.15) is 29.3 Å². The van der Waals surface area contributed by atoms with E-state index >= 15 is 4.39 Å². The van der Waals surface area contributed by atoms with E-state index in [9.17, 15) is 22.4 Å². The fourth-order valence-electron chi connectivity index (χ4n) is 3.22. The van der Waals surface area contributed by atoms with Crippen LogP contribution in [0.25, 0.3) is 22.3 Å². The Morgan fingerprint density at radius 2 is 1.53 bits per heavy atom. The van der Waals surface area contributed by atoms with E-state index in [1.807, 2.05) is 19.1 Å². The summed E-state index contributed by atoms with van der Waals surface area (Å²) >= 11 is 0. The van der Waals surface area contributed by atoms with Gasteiger partial charge in [0.1, 0.15) is 17.4 Å². The third-order valence-corrected chi connectivity index (χ3v) is 4.55. The predicted molar refractivity (Wildman–Crippen MR) is 103 cm³/mol. The van der Waals surface area contributed by atoms with Crippen molar-refractivity contribution in [2.24, 2.45) is 0 Å². The minimum absolute atomic E-state index is 0.00830. The summed E-state index contributed by atoms with van der Waals surface area (Å²) in [6.07, 6.45) is -2.99. The summed E-state index contributed by atoms with van der Waals surface area (Å²) in [5.74, 6) is -2.54. The lowest BCUT2D eigenvalue weighted by molar-refractivity contribution is -0.274. The van der Waals surface area contributed by atoms with Crippen molar-refractivity contribution in [3.63, 3.8) is 0 Å². The summed E-state index contributed by atoms with van der Waals surface area (Å²) in [5.41, 5.74) is 1.12. The van der Waals surface area contributed by atoms with Crippen LogP contribution in [0.3, 0.4) is 0 Å². The lowest BCUT2D eigenvalue weighted by Crippen LogP contribution is -2.16. The van der Waals surface area contributed by atoms with Crippen LogP contribution in [0, 0.1) is 11.6 Å². The van der Waals surface area contributed by atoms with Crippen LogP contribution in [0.15, 0.2) is 54.6 Å². The van der Waals surface area contributed by atoms with Gasteiger partial charge in [-0.1, -0.05) is 49.7 Å². The Morgan fingerprint density at radius 3 is 2.07 bits per heavy atom. The maximum absolute atomic E-state index is 15.1. The Bertz CT molecular complexity index is 1040. The van der Waals surface area contributed by atoms with Crippen molar-refractivity contribution in [2.45, 2.75) is 26.1 Å². The van der Waals surface area contributed by atoms with Crippen LogP contribution in [0.5, 0.6) is 5.75 Å². The van der Waals surface area contributed by atoms with E-state index in [4.69, 9.17) is 0 Å². The van der Waals surface area contributed by atoms with Gasteiger partial charge in [-0.05, 0) is 46.9 Å². The molecule has 3 aromatic rings. The zero-order chi connectivity index (χ0) is 21.9. The molecule has 156 valence electrons. The Morgan fingerprint density at radius 1 is 0.933 bits per heavy atom. The van der Waals surface area contributed by atoms with Gasteiger partial charge in [-0.3, -0.25) is 4.79 Å². The molecule has 0 bridgehead atoms. The van der Waals surface area contributed by atoms with Crippen LogP contribution >= 0.6 is 0 Å². The molecule has 0 saturated heterocycles. The van der Waals surface area contributed by atoms with Gasteiger partial charge in [0.25, 0.3) is 0 Å². The van der Waals surface area contributed by atoms with E-state index in [0.29, 0.717) is 5.56 Å². The number of benzene rings is 3. The van der Waals surface area contributed by atoms with E-state index in [1.165, 1.54) is 12.1 Å². The number of carbonyl (C=O) groups excluding carboxylic acids is 1. The average Bonchev–Trinajstić information content (AvgIpc) is 2.68. The van der Waals surface area contributed by atoms with Gasteiger partial charge >= 0.3 is 6.36 Å². The largest absolute Gasteiger partial charge is 0.573 e. The molecule has 3 rings (SSSR count). The van der Waals surface area contributed by atoms with Crippen molar-refractivity contribution < 1.29 is 31.5 Å². The molecule has 0 spiro atoms. The minimum atomic E-state index is -4.85. The van der Waals surface area contributed by atoms with Gasteiger partial charge in [0.05, 0.1) is 5.56 Å². The van der Waals surface area contributed by atoms with Crippen LogP contribution in [-0.4, -0.2) is 12.6 Å². The Balaban J connectivity index is 2.13. The zero-order valence-electron chi connectivity index (χ0n) is 15.9. The van der Waals surface area contributed by atoms with E-state index in [2.05, 4.69) is 4.74 Å². The molecule has 0 aromatic heterocycles. The fourth-order valence-corrected chi connectivity index (χ4v) is 3.22. The monoisotopic (exact) mass is 420 g/mol. The van der Waals surface area contributed by atoms with Crippen molar-refractivity contribution in [2.75, 3.05) is 0 Å². The SMILES string of the molecule is CCCc1ccc(-c2c(-c3ccc(OC(F)(F)F)cc3)cc(F)c(C=O)c2F)cc1. The molecule has 0 N–H and O–H groups in total. The number of carbonyl (C=O) groups is 1. The number of rotatable bonds is 6. The van der Waals surface area contributed by atoms with Crippen molar-refractivity contribution in [1.29, 1.82) is 0 Å². The number of ether oxygens (including phenoxy) is 1.